The summed E-state index contributed by atoms with van der Waals surface area (Å²) in [5, 5.41) is 19.1. The molecule has 1 saturated carbocycles. The number of rotatable bonds is 9. The van der Waals surface area contributed by atoms with Crippen molar-refractivity contribution in [1.82, 2.24) is 0 Å². The van der Waals surface area contributed by atoms with Crippen molar-refractivity contribution in [2.45, 2.75) is 69.4 Å². The van der Waals surface area contributed by atoms with Crippen molar-refractivity contribution >= 4 is 23.4 Å². The van der Waals surface area contributed by atoms with E-state index in [0.29, 0.717) is 11.8 Å². The summed E-state index contributed by atoms with van der Waals surface area (Å²) in [4.78, 5) is 1.28. The molecule has 1 unspecified atom stereocenters. The van der Waals surface area contributed by atoms with Crippen molar-refractivity contribution in [2.24, 2.45) is 11.8 Å². The van der Waals surface area contributed by atoms with E-state index in [2.05, 4.69) is 38.1 Å². The molecule has 0 aromatic heterocycles. The zero-order valence-electron chi connectivity index (χ0n) is 17.5. The number of aliphatic hydroxyl groups is 2. The third-order valence-electron chi connectivity index (χ3n) is 6.37. The molecule has 0 spiro atoms. The van der Waals surface area contributed by atoms with E-state index in [0.717, 1.165) is 29.7 Å². The Labute approximate surface area is 184 Å². The maximum atomic E-state index is 9.52. The van der Waals surface area contributed by atoms with E-state index >= 15 is 0 Å². The molecular weight excluding hydrogens is 400 g/mol. The molecule has 29 heavy (non-hydrogen) atoms. The van der Waals surface area contributed by atoms with Gasteiger partial charge in [-0.1, -0.05) is 24.3 Å². The monoisotopic (exact) mass is 432 g/mol. The van der Waals surface area contributed by atoms with Gasteiger partial charge in [0.2, 0.25) is 0 Å². The van der Waals surface area contributed by atoms with Crippen LogP contribution in [-0.2, 0) is 19.6 Å². The van der Waals surface area contributed by atoms with E-state index < -0.39 is 0 Å². The van der Waals surface area contributed by atoms with Crippen molar-refractivity contribution < 1.29 is 10.2 Å². The number of hydrogen-bond acceptors (Lipinski definition) is 3. The SMILES string of the molecule is Cc1cc(SC[C@H]2C(Cl)CC[C@@H]2CCCc2cccc(CO)c2)cc(C)c1CO. The Bertz CT molecular complexity index is 784. The number of aliphatic hydroxyl groups excluding tert-OH is 2. The molecule has 2 aromatic carbocycles. The van der Waals surface area contributed by atoms with Gasteiger partial charge in [0.05, 0.1) is 13.2 Å². The first-order valence-electron chi connectivity index (χ1n) is 10.7. The highest BCUT2D eigenvalue weighted by Crippen LogP contribution is 2.42. The first kappa shape index (κ1) is 22.7. The minimum absolute atomic E-state index is 0.109. The molecule has 2 nitrogen and oxygen atoms in total. The highest BCUT2D eigenvalue weighted by molar-refractivity contribution is 7.99. The maximum Gasteiger partial charge on any atom is 0.0687 e. The first-order chi connectivity index (χ1) is 14.0. The van der Waals surface area contributed by atoms with Crippen LogP contribution in [0, 0.1) is 25.7 Å². The third-order valence-corrected chi connectivity index (χ3v) is 8.03. The molecule has 2 aromatic rings. The second-order valence-corrected chi connectivity index (χ2v) is 10.0. The number of halogens is 1. The van der Waals surface area contributed by atoms with Crippen LogP contribution in [0.3, 0.4) is 0 Å². The summed E-state index contributed by atoms with van der Waals surface area (Å²) in [6.45, 7) is 4.38. The van der Waals surface area contributed by atoms with Crippen LogP contribution in [0.15, 0.2) is 41.3 Å². The molecule has 1 fully saturated rings. The van der Waals surface area contributed by atoms with Gasteiger partial charge in [-0.15, -0.1) is 23.4 Å². The minimum atomic E-state index is 0.109. The summed E-state index contributed by atoms with van der Waals surface area (Å²) in [6, 6.07) is 12.7. The lowest BCUT2D eigenvalue weighted by Gasteiger charge is -2.22. The minimum Gasteiger partial charge on any atom is -0.392 e. The number of aryl methyl sites for hydroxylation is 3. The van der Waals surface area contributed by atoms with E-state index in [-0.39, 0.29) is 18.6 Å². The molecule has 0 bridgehead atoms. The zero-order chi connectivity index (χ0) is 20.8. The summed E-state index contributed by atoms with van der Waals surface area (Å²) in [5.74, 6) is 2.32. The molecule has 0 radical (unpaired) electrons. The van der Waals surface area contributed by atoms with Crippen LogP contribution in [0.2, 0.25) is 0 Å². The number of thioether (sulfide) groups is 1. The van der Waals surface area contributed by atoms with Crippen LogP contribution in [0.5, 0.6) is 0 Å². The van der Waals surface area contributed by atoms with Crippen molar-refractivity contribution in [3.05, 3.63) is 64.2 Å². The van der Waals surface area contributed by atoms with Crippen LogP contribution in [0.4, 0.5) is 0 Å². The first-order valence-corrected chi connectivity index (χ1v) is 12.1. The standard InChI is InChI=1S/C25H33ClO2S/c1-17-11-22(12-18(2)23(17)15-28)29-16-24-21(9-10-25(24)26)8-4-6-19-5-3-7-20(13-19)14-27/h3,5,7,11-13,21,24-25,27-28H,4,6,8-10,14-16H2,1-2H3/t21-,24+,25?/m0/s1. The summed E-state index contributed by atoms with van der Waals surface area (Å²) < 4.78 is 0. The van der Waals surface area contributed by atoms with Crippen molar-refractivity contribution in [3.8, 4) is 0 Å². The summed E-state index contributed by atoms with van der Waals surface area (Å²) in [5.41, 5.74) is 5.71. The van der Waals surface area contributed by atoms with E-state index in [1.54, 1.807) is 0 Å². The fourth-order valence-electron chi connectivity index (χ4n) is 4.63. The molecule has 0 amide bonds. The normalized spacial score (nSPS) is 21.6. The predicted molar refractivity (Wildman–Crippen MR) is 124 cm³/mol. The van der Waals surface area contributed by atoms with Gasteiger partial charge in [0, 0.05) is 16.0 Å². The smallest absolute Gasteiger partial charge is 0.0687 e. The van der Waals surface area contributed by atoms with Gasteiger partial charge in [-0.05, 0) is 97.7 Å². The molecule has 0 heterocycles. The lowest BCUT2D eigenvalue weighted by Crippen LogP contribution is -2.18. The van der Waals surface area contributed by atoms with Crippen LogP contribution >= 0.6 is 23.4 Å². The highest BCUT2D eigenvalue weighted by atomic mass is 35.5. The molecular formula is C25H33ClO2S. The highest BCUT2D eigenvalue weighted by Gasteiger charge is 2.34. The van der Waals surface area contributed by atoms with Gasteiger partial charge < -0.3 is 10.2 Å². The van der Waals surface area contributed by atoms with Gasteiger partial charge in [0.25, 0.3) is 0 Å². The lowest BCUT2D eigenvalue weighted by molar-refractivity contribution is 0.280. The Morgan fingerprint density at radius 3 is 2.41 bits per heavy atom. The number of benzene rings is 2. The quantitative estimate of drug-likeness (QED) is 0.375. The van der Waals surface area contributed by atoms with Gasteiger partial charge in [-0.25, -0.2) is 0 Å². The molecule has 0 saturated heterocycles. The van der Waals surface area contributed by atoms with Crippen molar-refractivity contribution in [2.75, 3.05) is 5.75 Å². The van der Waals surface area contributed by atoms with Gasteiger partial charge >= 0.3 is 0 Å². The van der Waals surface area contributed by atoms with Gasteiger partial charge in [-0.3, -0.25) is 0 Å². The topological polar surface area (TPSA) is 40.5 Å². The zero-order valence-corrected chi connectivity index (χ0v) is 19.1. The largest absolute Gasteiger partial charge is 0.392 e. The molecule has 1 aliphatic carbocycles. The fourth-order valence-corrected chi connectivity index (χ4v) is 6.56. The Morgan fingerprint density at radius 2 is 1.72 bits per heavy atom. The van der Waals surface area contributed by atoms with Crippen LogP contribution in [0.25, 0.3) is 0 Å². The van der Waals surface area contributed by atoms with Crippen LogP contribution < -0.4 is 0 Å². The van der Waals surface area contributed by atoms with Gasteiger partial charge in [-0.2, -0.15) is 0 Å². The summed E-state index contributed by atoms with van der Waals surface area (Å²) in [6.07, 6.45) is 5.82. The average Bonchev–Trinajstić information content (AvgIpc) is 3.06. The second kappa shape index (κ2) is 10.9. The van der Waals surface area contributed by atoms with Crippen LogP contribution in [-0.4, -0.2) is 21.3 Å². The average molecular weight is 433 g/mol. The number of hydrogen-bond donors (Lipinski definition) is 2. The lowest BCUT2D eigenvalue weighted by atomic mass is 9.91. The van der Waals surface area contributed by atoms with Crippen molar-refractivity contribution in [3.63, 3.8) is 0 Å². The number of alkyl halides is 1. The third kappa shape index (κ3) is 6.01. The predicted octanol–water partition coefficient (Wildman–Crippen LogP) is 6.04. The summed E-state index contributed by atoms with van der Waals surface area (Å²) >= 11 is 8.62. The maximum absolute atomic E-state index is 9.52. The summed E-state index contributed by atoms with van der Waals surface area (Å²) in [7, 11) is 0. The van der Waals surface area contributed by atoms with E-state index in [1.807, 2.05) is 23.9 Å². The molecule has 1 aliphatic rings. The molecule has 0 aliphatic heterocycles. The Balaban J connectivity index is 1.54. The Hall–Kier alpha value is -1.00. The van der Waals surface area contributed by atoms with E-state index in [9.17, 15) is 10.2 Å². The Morgan fingerprint density at radius 1 is 1.00 bits per heavy atom. The molecule has 4 heteroatoms. The fraction of sp³-hybridized carbons (Fsp3) is 0.520. The van der Waals surface area contributed by atoms with Gasteiger partial charge in [0.15, 0.2) is 0 Å². The molecule has 3 atom stereocenters. The molecule has 2 N–H and O–H groups in total. The van der Waals surface area contributed by atoms with Crippen molar-refractivity contribution in [1.29, 1.82) is 0 Å². The second-order valence-electron chi connectivity index (χ2n) is 8.39. The molecule has 158 valence electrons. The molecule has 3 rings (SSSR count). The van der Waals surface area contributed by atoms with Crippen LogP contribution in [0.1, 0.15) is 53.5 Å². The van der Waals surface area contributed by atoms with E-state index in [4.69, 9.17) is 11.6 Å². The Kier molecular flexibility index (Phi) is 8.49. The van der Waals surface area contributed by atoms with E-state index in [1.165, 1.54) is 40.8 Å². The van der Waals surface area contributed by atoms with Gasteiger partial charge in [0.1, 0.15) is 0 Å².